The topological polar surface area (TPSA) is 62.6 Å². The summed E-state index contributed by atoms with van der Waals surface area (Å²) >= 11 is 0. The molecule has 0 radical (unpaired) electrons. The zero-order valence-corrected chi connectivity index (χ0v) is 14.7. The van der Waals surface area contributed by atoms with Crippen molar-refractivity contribution in [3.05, 3.63) is 78.0 Å². The summed E-state index contributed by atoms with van der Waals surface area (Å²) < 4.78 is 43.4. The lowest BCUT2D eigenvalue weighted by molar-refractivity contribution is -0.137. The van der Waals surface area contributed by atoms with Crippen LogP contribution in [0.5, 0.6) is 11.5 Å². The molecule has 7 heteroatoms. The number of pyridine rings is 1. The van der Waals surface area contributed by atoms with Crippen molar-refractivity contribution in [3.63, 3.8) is 0 Å². The van der Waals surface area contributed by atoms with Crippen molar-refractivity contribution in [1.29, 1.82) is 0 Å². The molecule has 0 saturated carbocycles. The van der Waals surface area contributed by atoms with E-state index in [0.717, 1.165) is 17.7 Å². The Bertz CT molecular complexity index is 909. The van der Waals surface area contributed by atoms with E-state index in [4.69, 9.17) is 9.84 Å². The summed E-state index contributed by atoms with van der Waals surface area (Å²) in [7, 11) is 0. The van der Waals surface area contributed by atoms with E-state index in [9.17, 15) is 18.3 Å². The van der Waals surface area contributed by atoms with E-state index in [0.29, 0.717) is 22.9 Å². The molecule has 3 rings (SSSR count). The number of hydrogen-bond donors (Lipinski definition) is 2. The van der Waals surface area contributed by atoms with Gasteiger partial charge in [-0.25, -0.2) is 0 Å². The molecule has 1 atom stereocenters. The molecule has 1 heterocycles. The van der Waals surface area contributed by atoms with Crippen LogP contribution < -0.4 is 4.74 Å². The summed E-state index contributed by atoms with van der Waals surface area (Å²) in [5, 5.41) is 18.5. The number of aliphatic hydroxyl groups is 2. The Hall–Kier alpha value is -2.90. The Labute approximate surface area is 159 Å². The Balaban J connectivity index is 1.71. The predicted octanol–water partition coefficient (Wildman–Crippen LogP) is 4.46. The van der Waals surface area contributed by atoms with Gasteiger partial charge in [-0.05, 0) is 60.7 Å². The van der Waals surface area contributed by atoms with Gasteiger partial charge in [0.15, 0.2) is 0 Å². The van der Waals surface area contributed by atoms with Crippen LogP contribution in [0, 0.1) is 0 Å². The molecule has 2 aromatic carbocycles. The van der Waals surface area contributed by atoms with Crippen molar-refractivity contribution in [3.8, 4) is 22.8 Å². The van der Waals surface area contributed by atoms with Gasteiger partial charge in [0.2, 0.25) is 0 Å². The average Bonchev–Trinajstić information content (AvgIpc) is 2.68. The van der Waals surface area contributed by atoms with Crippen molar-refractivity contribution in [2.24, 2.45) is 0 Å². The normalized spacial score (nSPS) is 12.6. The highest BCUT2D eigenvalue weighted by atomic mass is 19.4. The molecule has 146 valence electrons. The first-order valence-electron chi connectivity index (χ1n) is 8.55. The minimum Gasteiger partial charge on any atom is -0.457 e. The summed E-state index contributed by atoms with van der Waals surface area (Å²) in [5.41, 5.74) is 1.44. The zero-order chi connectivity index (χ0) is 20.1. The Morgan fingerprint density at radius 2 is 1.50 bits per heavy atom. The number of hydrogen-bond acceptors (Lipinski definition) is 4. The molecule has 2 N–H and O–H groups in total. The van der Waals surface area contributed by atoms with Gasteiger partial charge >= 0.3 is 6.18 Å². The largest absolute Gasteiger partial charge is 0.457 e. The van der Waals surface area contributed by atoms with E-state index < -0.39 is 17.8 Å². The van der Waals surface area contributed by atoms with E-state index in [1.54, 1.807) is 30.3 Å². The first-order chi connectivity index (χ1) is 13.3. The smallest absolute Gasteiger partial charge is 0.416 e. The third-order valence-corrected chi connectivity index (χ3v) is 4.03. The van der Waals surface area contributed by atoms with Crippen molar-refractivity contribution >= 4 is 0 Å². The molecule has 0 saturated heterocycles. The summed E-state index contributed by atoms with van der Waals surface area (Å²) in [6.07, 6.45) is -4.99. The second-order valence-electron chi connectivity index (χ2n) is 6.20. The van der Waals surface area contributed by atoms with Gasteiger partial charge in [-0.15, -0.1) is 0 Å². The van der Waals surface area contributed by atoms with Crippen LogP contribution in [0.3, 0.4) is 0 Å². The van der Waals surface area contributed by atoms with Crippen LogP contribution in [-0.2, 0) is 12.6 Å². The number of benzene rings is 2. The predicted molar refractivity (Wildman–Crippen MR) is 98.0 cm³/mol. The monoisotopic (exact) mass is 389 g/mol. The second-order valence-corrected chi connectivity index (χ2v) is 6.20. The number of rotatable bonds is 6. The summed E-state index contributed by atoms with van der Waals surface area (Å²) in [6.45, 7) is -0.331. The lowest BCUT2D eigenvalue weighted by Crippen LogP contribution is -2.15. The van der Waals surface area contributed by atoms with Gasteiger partial charge in [0.05, 0.1) is 24.0 Å². The van der Waals surface area contributed by atoms with Crippen LogP contribution in [0.4, 0.5) is 13.2 Å². The minimum atomic E-state index is -4.38. The molecule has 0 spiro atoms. The van der Waals surface area contributed by atoms with Gasteiger partial charge in [-0.3, -0.25) is 4.98 Å². The first kappa shape index (κ1) is 19.9. The van der Waals surface area contributed by atoms with Crippen molar-refractivity contribution in [2.45, 2.75) is 18.7 Å². The quantitative estimate of drug-likeness (QED) is 0.654. The van der Waals surface area contributed by atoms with Crippen LogP contribution in [0.15, 0.2) is 66.7 Å². The fourth-order valence-electron chi connectivity index (χ4n) is 2.60. The van der Waals surface area contributed by atoms with E-state index >= 15 is 0 Å². The molecule has 0 aliphatic rings. The number of ether oxygens (including phenoxy) is 1. The Morgan fingerprint density at radius 1 is 0.893 bits per heavy atom. The second kappa shape index (κ2) is 8.41. The van der Waals surface area contributed by atoms with Gasteiger partial charge in [0.25, 0.3) is 0 Å². The highest BCUT2D eigenvalue weighted by Gasteiger charge is 2.30. The van der Waals surface area contributed by atoms with Crippen LogP contribution in [0.25, 0.3) is 11.3 Å². The number of alkyl halides is 3. The van der Waals surface area contributed by atoms with Crippen molar-refractivity contribution in [2.75, 3.05) is 6.61 Å². The van der Waals surface area contributed by atoms with E-state index in [1.807, 2.05) is 12.1 Å². The lowest BCUT2D eigenvalue weighted by atomic mass is 10.1. The van der Waals surface area contributed by atoms with E-state index in [2.05, 4.69) is 4.98 Å². The lowest BCUT2D eigenvalue weighted by Gasteiger charge is -2.10. The SMILES string of the molecule is OC[C@H](O)Cc1cccc(-c2ccc(Oc3ccc(C(F)(F)F)cc3)cc2)n1. The average molecular weight is 389 g/mol. The molecule has 0 aliphatic heterocycles. The summed E-state index contributed by atoms with van der Waals surface area (Å²) in [4.78, 5) is 4.46. The fraction of sp³-hybridized carbons (Fsp3) is 0.190. The number of aromatic nitrogens is 1. The fourth-order valence-corrected chi connectivity index (χ4v) is 2.60. The minimum absolute atomic E-state index is 0.249. The molecule has 0 fully saturated rings. The molecule has 3 aromatic rings. The third kappa shape index (κ3) is 5.09. The van der Waals surface area contributed by atoms with Gasteiger partial charge < -0.3 is 14.9 Å². The zero-order valence-electron chi connectivity index (χ0n) is 14.7. The Morgan fingerprint density at radius 3 is 2.07 bits per heavy atom. The molecule has 4 nitrogen and oxygen atoms in total. The molecule has 0 bridgehead atoms. The van der Waals surface area contributed by atoms with Gasteiger partial charge in [-0.1, -0.05) is 6.07 Å². The maximum atomic E-state index is 12.6. The molecular weight excluding hydrogens is 371 g/mol. The highest BCUT2D eigenvalue weighted by molar-refractivity contribution is 5.60. The van der Waals surface area contributed by atoms with Gasteiger partial charge in [0.1, 0.15) is 11.5 Å². The van der Waals surface area contributed by atoms with E-state index in [-0.39, 0.29) is 13.0 Å². The number of halogens is 3. The maximum Gasteiger partial charge on any atom is 0.416 e. The molecule has 1 aromatic heterocycles. The third-order valence-electron chi connectivity index (χ3n) is 4.03. The molecule has 28 heavy (non-hydrogen) atoms. The molecule has 0 unspecified atom stereocenters. The summed E-state index contributed by atoms with van der Waals surface area (Å²) in [5.74, 6) is 0.786. The van der Waals surface area contributed by atoms with Crippen molar-refractivity contribution < 1.29 is 28.1 Å². The maximum absolute atomic E-state index is 12.6. The molecule has 0 amide bonds. The van der Waals surface area contributed by atoms with Crippen LogP contribution in [0.1, 0.15) is 11.3 Å². The molecule has 0 aliphatic carbocycles. The van der Waals surface area contributed by atoms with Crippen LogP contribution in [0.2, 0.25) is 0 Å². The van der Waals surface area contributed by atoms with Gasteiger partial charge in [0, 0.05) is 17.7 Å². The number of nitrogens with zero attached hydrogens (tertiary/aromatic N) is 1. The number of aliphatic hydroxyl groups excluding tert-OH is 2. The highest BCUT2D eigenvalue weighted by Crippen LogP contribution is 2.31. The van der Waals surface area contributed by atoms with Crippen LogP contribution in [-0.4, -0.2) is 27.9 Å². The van der Waals surface area contributed by atoms with Gasteiger partial charge in [-0.2, -0.15) is 13.2 Å². The first-order valence-corrected chi connectivity index (χ1v) is 8.55. The summed E-state index contributed by atoms with van der Waals surface area (Å²) in [6, 6.07) is 16.9. The van der Waals surface area contributed by atoms with Crippen LogP contribution >= 0.6 is 0 Å². The van der Waals surface area contributed by atoms with E-state index in [1.165, 1.54) is 12.1 Å². The standard InChI is InChI=1S/C21H18F3NO3/c22-21(23,24)15-6-10-19(11-7-15)28-18-8-4-14(5-9-18)20-3-1-2-16(25-20)12-17(27)13-26/h1-11,17,26-27H,12-13H2/t17-/m1/s1. The molecular formula is C21H18F3NO3. The Kier molecular flexibility index (Phi) is 5.96. The van der Waals surface area contributed by atoms with Crippen molar-refractivity contribution in [1.82, 2.24) is 4.98 Å².